The summed E-state index contributed by atoms with van der Waals surface area (Å²) in [5.41, 5.74) is 1.71. The molecule has 0 N–H and O–H groups in total. The fraction of sp³-hybridized carbons (Fsp3) is 0.318. The van der Waals surface area contributed by atoms with E-state index < -0.39 is 13.3 Å². The molecule has 8 heteroatoms. The molecule has 1 aromatic heterocycles. The van der Waals surface area contributed by atoms with Crippen LogP contribution in [0.25, 0.3) is 10.9 Å². The third-order valence-corrected chi connectivity index (χ3v) is 8.10. The Kier molecular flexibility index (Phi) is 7.03. The van der Waals surface area contributed by atoms with E-state index in [-0.39, 0.29) is 30.1 Å². The molecule has 1 atom stereocenters. The summed E-state index contributed by atoms with van der Waals surface area (Å²) in [5.74, 6) is -0.375. The van der Waals surface area contributed by atoms with Crippen molar-refractivity contribution >= 4 is 59.3 Å². The quantitative estimate of drug-likeness (QED) is 0.282. The van der Waals surface area contributed by atoms with Gasteiger partial charge in [0.1, 0.15) is 0 Å². The summed E-state index contributed by atoms with van der Waals surface area (Å²) in [7, 11) is -3.68. The van der Waals surface area contributed by atoms with Crippen molar-refractivity contribution in [3.05, 3.63) is 58.7 Å². The van der Waals surface area contributed by atoms with Gasteiger partial charge in [0.05, 0.1) is 24.0 Å². The second-order valence-electron chi connectivity index (χ2n) is 7.11. The van der Waals surface area contributed by atoms with Crippen molar-refractivity contribution in [2.24, 2.45) is 0 Å². The fourth-order valence-corrected chi connectivity index (χ4v) is 6.50. The van der Waals surface area contributed by atoms with E-state index in [1.807, 2.05) is 18.2 Å². The molecule has 0 fully saturated rings. The van der Waals surface area contributed by atoms with Gasteiger partial charge in [0, 0.05) is 15.7 Å². The van der Waals surface area contributed by atoms with Crippen LogP contribution in [0.1, 0.15) is 49.7 Å². The summed E-state index contributed by atoms with van der Waals surface area (Å²) in [6.07, 6.45) is 0. The molecule has 3 aromatic rings. The van der Waals surface area contributed by atoms with Gasteiger partial charge in [-0.3, -0.25) is 8.54 Å². The fourth-order valence-electron chi connectivity index (χ4n) is 3.43. The Bertz CT molecular complexity index is 1140. The molecule has 2 aromatic carbocycles. The largest absolute Gasteiger partial charge is 0.461 e. The second kappa shape index (κ2) is 9.19. The zero-order valence-electron chi connectivity index (χ0n) is 17.4. The Morgan fingerprint density at radius 3 is 2.53 bits per heavy atom. The van der Waals surface area contributed by atoms with Crippen molar-refractivity contribution in [1.29, 1.82) is 0 Å². The lowest BCUT2D eigenvalue weighted by Crippen LogP contribution is -2.25. The first-order valence-electron chi connectivity index (χ1n) is 9.80. The first kappa shape index (κ1) is 23.0. The molecular weight excluding hydrogens is 441 g/mol. The maximum atomic E-state index is 14.5. The summed E-state index contributed by atoms with van der Waals surface area (Å²) in [4.78, 5) is 12.9. The molecule has 30 heavy (non-hydrogen) atoms. The van der Waals surface area contributed by atoms with Crippen LogP contribution in [-0.4, -0.2) is 23.2 Å². The van der Waals surface area contributed by atoms with Crippen LogP contribution in [0.15, 0.2) is 42.5 Å². The van der Waals surface area contributed by atoms with E-state index in [0.717, 1.165) is 5.56 Å². The van der Waals surface area contributed by atoms with E-state index in [9.17, 15) is 9.36 Å². The van der Waals surface area contributed by atoms with E-state index >= 15 is 0 Å². The number of hydrogen-bond acceptors (Lipinski definition) is 5. The third kappa shape index (κ3) is 4.06. The van der Waals surface area contributed by atoms with Gasteiger partial charge in [-0.15, -0.1) is 0 Å². The number of carbonyl (C=O) groups is 1. The number of aromatic nitrogens is 1. The lowest BCUT2D eigenvalue weighted by atomic mass is 10.0. The van der Waals surface area contributed by atoms with Gasteiger partial charge in [-0.25, -0.2) is 4.79 Å². The monoisotopic (exact) mass is 465 g/mol. The van der Waals surface area contributed by atoms with E-state index in [0.29, 0.717) is 21.2 Å². The predicted molar refractivity (Wildman–Crippen MR) is 126 cm³/mol. The van der Waals surface area contributed by atoms with Gasteiger partial charge in [0.2, 0.25) is 0 Å². The van der Waals surface area contributed by atoms with E-state index in [1.165, 1.54) is 3.97 Å². The second-order valence-corrected chi connectivity index (χ2v) is 10.3. The normalized spacial score (nSPS) is 13.6. The molecule has 0 amide bonds. The van der Waals surface area contributed by atoms with Crippen molar-refractivity contribution in [3.63, 3.8) is 0 Å². The van der Waals surface area contributed by atoms with Gasteiger partial charge >= 0.3 is 5.97 Å². The number of benzene rings is 2. The van der Waals surface area contributed by atoms with Crippen molar-refractivity contribution in [3.8, 4) is 0 Å². The SMILES string of the molecule is CCOC(=O)c1c(P(=O)(OCC)c2cccc(C(C)C)c2)c2cc(Cl)ccc2n1S. The number of thiol groups is 1. The molecule has 0 aliphatic rings. The highest BCUT2D eigenvalue weighted by molar-refractivity contribution is 7.79. The topological polar surface area (TPSA) is 57.5 Å². The van der Waals surface area contributed by atoms with Gasteiger partial charge in [0.15, 0.2) is 5.69 Å². The zero-order chi connectivity index (χ0) is 22.1. The molecule has 0 radical (unpaired) electrons. The molecular formula is C22H25ClNO4PS. The number of halogens is 1. The number of fused-ring (bicyclic) bond motifs is 1. The first-order valence-corrected chi connectivity index (χ1v) is 12.2. The zero-order valence-corrected chi connectivity index (χ0v) is 19.9. The highest BCUT2D eigenvalue weighted by Gasteiger charge is 2.38. The van der Waals surface area contributed by atoms with Crippen LogP contribution >= 0.6 is 31.8 Å². The lowest BCUT2D eigenvalue weighted by Gasteiger charge is -2.21. The van der Waals surface area contributed by atoms with Gasteiger partial charge in [-0.2, -0.15) is 0 Å². The Morgan fingerprint density at radius 2 is 1.90 bits per heavy atom. The molecule has 3 rings (SSSR count). The number of nitrogens with zero attached hydrogens (tertiary/aromatic N) is 1. The molecule has 1 heterocycles. The first-order chi connectivity index (χ1) is 14.2. The van der Waals surface area contributed by atoms with E-state index in [4.69, 9.17) is 20.9 Å². The molecule has 0 saturated carbocycles. The molecule has 0 aliphatic carbocycles. The molecule has 0 bridgehead atoms. The number of carbonyl (C=O) groups excluding carboxylic acids is 1. The van der Waals surface area contributed by atoms with Crippen molar-refractivity contribution in [2.75, 3.05) is 13.2 Å². The van der Waals surface area contributed by atoms with Crippen molar-refractivity contribution in [1.82, 2.24) is 3.97 Å². The smallest absolute Gasteiger partial charge is 0.356 e. The molecule has 0 aliphatic heterocycles. The van der Waals surface area contributed by atoms with Crippen LogP contribution < -0.4 is 10.6 Å². The van der Waals surface area contributed by atoms with Crippen LogP contribution in [0.2, 0.25) is 5.02 Å². The summed E-state index contributed by atoms with van der Waals surface area (Å²) >= 11 is 10.8. The van der Waals surface area contributed by atoms with Crippen molar-refractivity contribution in [2.45, 2.75) is 33.6 Å². The molecule has 0 saturated heterocycles. The average Bonchev–Trinajstić information content (AvgIpc) is 3.00. The molecule has 160 valence electrons. The van der Waals surface area contributed by atoms with E-state index in [1.54, 1.807) is 38.1 Å². The Balaban J connectivity index is 2.42. The minimum absolute atomic E-state index is 0.0872. The summed E-state index contributed by atoms with van der Waals surface area (Å²) < 4.78 is 27.1. The Hall–Kier alpha value is -1.72. The summed E-state index contributed by atoms with van der Waals surface area (Å²) in [6, 6.07) is 12.6. The van der Waals surface area contributed by atoms with E-state index in [2.05, 4.69) is 26.7 Å². The Morgan fingerprint density at radius 1 is 1.17 bits per heavy atom. The molecule has 5 nitrogen and oxygen atoms in total. The number of ether oxygens (including phenoxy) is 1. The highest BCUT2D eigenvalue weighted by Crippen LogP contribution is 2.49. The van der Waals surface area contributed by atoms with Crippen LogP contribution in [0, 0.1) is 0 Å². The highest BCUT2D eigenvalue weighted by atomic mass is 35.5. The van der Waals surface area contributed by atoms with Gasteiger partial charge in [-0.1, -0.05) is 50.4 Å². The number of esters is 1. The van der Waals surface area contributed by atoms with Gasteiger partial charge in [-0.05, 0) is 55.7 Å². The van der Waals surface area contributed by atoms with Crippen LogP contribution in [0.4, 0.5) is 0 Å². The van der Waals surface area contributed by atoms with Crippen LogP contribution in [-0.2, 0) is 13.8 Å². The Labute approximate surface area is 187 Å². The lowest BCUT2D eigenvalue weighted by molar-refractivity contribution is 0.0520. The van der Waals surface area contributed by atoms with Crippen LogP contribution in [0.5, 0.6) is 0 Å². The van der Waals surface area contributed by atoms with Crippen LogP contribution in [0.3, 0.4) is 0 Å². The van der Waals surface area contributed by atoms with Gasteiger partial charge < -0.3 is 9.26 Å². The molecule has 1 unspecified atom stereocenters. The predicted octanol–water partition coefficient (Wildman–Crippen LogP) is 5.55. The van der Waals surface area contributed by atoms with Gasteiger partial charge in [0.25, 0.3) is 7.37 Å². The number of rotatable bonds is 7. The minimum Gasteiger partial charge on any atom is -0.461 e. The maximum absolute atomic E-state index is 14.5. The minimum atomic E-state index is -3.68. The standard InChI is InChI=1S/C22H25ClNO4PS/c1-5-27-22(25)20-21(18-13-16(23)10-11-19(18)24(20)30)29(26,28-6-2)17-9-7-8-15(12-17)14(3)4/h7-14,30H,5-6H2,1-4H3. The number of hydrogen-bond donors (Lipinski definition) is 1. The molecule has 0 spiro atoms. The summed E-state index contributed by atoms with van der Waals surface area (Å²) in [6.45, 7) is 7.99. The van der Waals surface area contributed by atoms with Crippen molar-refractivity contribution < 1.29 is 18.6 Å². The summed E-state index contributed by atoms with van der Waals surface area (Å²) in [5, 5.41) is 1.78. The average molecular weight is 466 g/mol. The maximum Gasteiger partial charge on any atom is 0.356 e. The third-order valence-electron chi connectivity index (χ3n) is 4.83.